The molecule has 2 N–H and O–H groups in total. The standard InChI is InChI=1S/C34H52N4O6/c1-7-22(2)23(3)30(42-5)20-31(39)37-16-12-15-29(37)32(43-6)24(4)33(40)36-28(34(41)38-17-10-11-18-44-38)19-25-21-35-27-14-9-8-13-26(25)27/h8-9,13-14,21-24,28-30,32,35H,7,10-12,15-20H2,1-6H3,(H,36,40)/t22?,23-,24+,28-,29-,30+,32?/m0/s1. The number of nitrogens with one attached hydrogen (secondary N) is 2. The first-order chi connectivity index (χ1) is 21.2. The van der Waals surface area contributed by atoms with Crippen LogP contribution < -0.4 is 5.32 Å². The number of aromatic nitrogens is 1. The number of H-pyrrole nitrogens is 1. The summed E-state index contributed by atoms with van der Waals surface area (Å²) in [5, 5.41) is 5.45. The van der Waals surface area contributed by atoms with E-state index < -0.39 is 18.1 Å². The number of fused-ring (bicyclic) bond motifs is 1. The van der Waals surface area contributed by atoms with Crippen LogP contribution in [0.3, 0.4) is 0 Å². The molecule has 0 aliphatic carbocycles. The van der Waals surface area contributed by atoms with Gasteiger partial charge in [0.2, 0.25) is 11.8 Å². The first-order valence-corrected chi connectivity index (χ1v) is 16.3. The highest BCUT2D eigenvalue weighted by Crippen LogP contribution is 2.30. The Morgan fingerprint density at radius 2 is 1.84 bits per heavy atom. The monoisotopic (exact) mass is 612 g/mol. The molecule has 0 bridgehead atoms. The minimum absolute atomic E-state index is 0.0267. The second kappa shape index (κ2) is 15.9. The number of carbonyl (C=O) groups is 3. The maximum Gasteiger partial charge on any atom is 0.269 e. The third-order valence-corrected chi connectivity index (χ3v) is 9.95. The van der Waals surface area contributed by atoms with E-state index in [2.05, 4.69) is 31.1 Å². The molecule has 3 heterocycles. The lowest BCUT2D eigenvalue weighted by atomic mass is 9.87. The average Bonchev–Trinajstić information content (AvgIpc) is 3.70. The Balaban J connectivity index is 1.48. The molecular weight excluding hydrogens is 560 g/mol. The largest absolute Gasteiger partial charge is 0.381 e. The molecule has 2 aliphatic heterocycles. The summed E-state index contributed by atoms with van der Waals surface area (Å²) in [4.78, 5) is 52.0. The minimum atomic E-state index is -0.814. The molecule has 7 atom stereocenters. The highest BCUT2D eigenvalue weighted by molar-refractivity contribution is 5.90. The molecule has 2 fully saturated rings. The van der Waals surface area contributed by atoms with Gasteiger partial charge in [0.15, 0.2) is 0 Å². The average molecular weight is 613 g/mol. The molecule has 10 heteroatoms. The molecule has 4 rings (SSSR count). The molecule has 0 saturated carbocycles. The molecule has 1 aromatic carbocycles. The first kappa shape index (κ1) is 33.9. The number of rotatable bonds is 14. The number of para-hydroxylation sites is 1. The lowest BCUT2D eigenvalue weighted by molar-refractivity contribution is -0.199. The van der Waals surface area contributed by atoms with Gasteiger partial charge in [0, 0.05) is 50.8 Å². The van der Waals surface area contributed by atoms with Gasteiger partial charge in [0.05, 0.1) is 37.2 Å². The van der Waals surface area contributed by atoms with Gasteiger partial charge in [0.1, 0.15) is 6.04 Å². The number of hydrogen-bond acceptors (Lipinski definition) is 6. The van der Waals surface area contributed by atoms with Crippen molar-refractivity contribution in [3.8, 4) is 0 Å². The summed E-state index contributed by atoms with van der Waals surface area (Å²) in [6, 6.07) is 6.86. The molecule has 3 amide bonds. The van der Waals surface area contributed by atoms with E-state index in [1.807, 2.05) is 42.3 Å². The number of carbonyl (C=O) groups excluding carboxylic acids is 3. The molecular formula is C34H52N4O6. The molecule has 0 spiro atoms. The molecule has 10 nitrogen and oxygen atoms in total. The van der Waals surface area contributed by atoms with Crippen LogP contribution in [0.4, 0.5) is 0 Å². The maximum absolute atomic E-state index is 13.9. The van der Waals surface area contributed by atoms with Crippen molar-refractivity contribution < 1.29 is 28.7 Å². The highest BCUT2D eigenvalue weighted by atomic mass is 16.7. The Morgan fingerprint density at radius 3 is 2.52 bits per heavy atom. The fourth-order valence-corrected chi connectivity index (χ4v) is 6.77. The summed E-state index contributed by atoms with van der Waals surface area (Å²) >= 11 is 0. The number of likely N-dealkylation sites (tertiary alicyclic amines) is 1. The van der Waals surface area contributed by atoms with Gasteiger partial charge < -0.3 is 24.7 Å². The summed E-state index contributed by atoms with van der Waals surface area (Å²) in [6.07, 6.45) is 6.18. The third kappa shape index (κ3) is 7.82. The second-order valence-corrected chi connectivity index (χ2v) is 12.6. The van der Waals surface area contributed by atoms with Gasteiger partial charge >= 0.3 is 0 Å². The van der Waals surface area contributed by atoms with Gasteiger partial charge in [-0.1, -0.05) is 52.3 Å². The van der Waals surface area contributed by atoms with Crippen LogP contribution >= 0.6 is 0 Å². The van der Waals surface area contributed by atoms with Crippen LogP contribution in [0, 0.1) is 17.8 Å². The summed E-state index contributed by atoms with van der Waals surface area (Å²) in [5.74, 6) is -0.439. The Bertz CT molecular complexity index is 1240. The molecule has 2 unspecified atom stereocenters. The highest BCUT2D eigenvalue weighted by Gasteiger charge is 2.41. The second-order valence-electron chi connectivity index (χ2n) is 12.6. The van der Waals surface area contributed by atoms with Crippen LogP contribution in [0.2, 0.25) is 0 Å². The lowest BCUT2D eigenvalue weighted by Gasteiger charge is -2.36. The SMILES string of the molecule is CCC(C)[C@H](C)[C@@H](CC(=O)N1CCC[C@H]1C(OC)[C@@H](C)C(=O)N[C@@H](Cc1c[nH]c2ccccc12)C(=O)N1CCCCO1)OC. The molecule has 2 aliphatic rings. The summed E-state index contributed by atoms with van der Waals surface area (Å²) < 4.78 is 11.7. The summed E-state index contributed by atoms with van der Waals surface area (Å²) in [5.41, 5.74) is 1.92. The number of aromatic amines is 1. The number of hydroxylamine groups is 2. The van der Waals surface area contributed by atoms with Crippen molar-refractivity contribution in [3.63, 3.8) is 0 Å². The number of ether oxygens (including phenoxy) is 2. The molecule has 1 aromatic heterocycles. The Morgan fingerprint density at radius 1 is 1.07 bits per heavy atom. The van der Waals surface area contributed by atoms with E-state index in [0.29, 0.717) is 38.5 Å². The van der Waals surface area contributed by atoms with Crippen molar-refractivity contribution in [2.45, 2.75) is 96.9 Å². The van der Waals surface area contributed by atoms with Crippen molar-refractivity contribution in [3.05, 3.63) is 36.0 Å². The van der Waals surface area contributed by atoms with E-state index in [0.717, 1.165) is 48.6 Å². The van der Waals surface area contributed by atoms with E-state index >= 15 is 0 Å². The predicted molar refractivity (Wildman–Crippen MR) is 170 cm³/mol. The Kier molecular flexibility index (Phi) is 12.2. The van der Waals surface area contributed by atoms with Crippen LogP contribution in [0.25, 0.3) is 10.9 Å². The first-order valence-electron chi connectivity index (χ1n) is 16.3. The number of amides is 3. The smallest absolute Gasteiger partial charge is 0.269 e. The normalized spacial score (nSPS) is 21.5. The maximum atomic E-state index is 13.9. The molecule has 2 aromatic rings. The van der Waals surface area contributed by atoms with E-state index in [9.17, 15) is 14.4 Å². The zero-order chi connectivity index (χ0) is 31.8. The molecule has 0 radical (unpaired) electrons. The quantitative estimate of drug-likeness (QED) is 0.325. The van der Waals surface area contributed by atoms with E-state index in [1.54, 1.807) is 14.2 Å². The van der Waals surface area contributed by atoms with Gasteiger partial charge in [-0.2, -0.15) is 0 Å². The summed E-state index contributed by atoms with van der Waals surface area (Å²) in [6.45, 7) is 9.90. The van der Waals surface area contributed by atoms with Crippen molar-refractivity contribution in [2.24, 2.45) is 17.8 Å². The number of nitrogens with zero attached hydrogens (tertiary/aromatic N) is 2. The van der Waals surface area contributed by atoms with E-state index in [4.69, 9.17) is 14.3 Å². The fourth-order valence-electron chi connectivity index (χ4n) is 6.77. The van der Waals surface area contributed by atoms with Gasteiger partial charge in [-0.3, -0.25) is 19.2 Å². The van der Waals surface area contributed by atoms with Crippen LogP contribution in [0.1, 0.15) is 71.8 Å². The number of hydrogen-bond donors (Lipinski definition) is 2. The van der Waals surface area contributed by atoms with Crippen LogP contribution in [0.5, 0.6) is 0 Å². The van der Waals surface area contributed by atoms with Gasteiger partial charge in [-0.15, -0.1) is 0 Å². The van der Waals surface area contributed by atoms with E-state index in [-0.39, 0.29) is 35.8 Å². The van der Waals surface area contributed by atoms with Gasteiger partial charge in [0.25, 0.3) is 5.91 Å². The molecule has 44 heavy (non-hydrogen) atoms. The third-order valence-electron chi connectivity index (χ3n) is 9.95. The summed E-state index contributed by atoms with van der Waals surface area (Å²) in [7, 11) is 3.26. The molecule has 244 valence electrons. The van der Waals surface area contributed by atoms with Crippen molar-refractivity contribution in [1.29, 1.82) is 0 Å². The van der Waals surface area contributed by atoms with Crippen LogP contribution in [-0.2, 0) is 35.1 Å². The number of benzene rings is 1. The Hall–Kier alpha value is -2.95. The van der Waals surface area contributed by atoms with Crippen molar-refractivity contribution in [1.82, 2.24) is 20.3 Å². The molecule has 2 saturated heterocycles. The van der Waals surface area contributed by atoms with Gasteiger partial charge in [-0.25, -0.2) is 5.06 Å². The predicted octanol–water partition coefficient (Wildman–Crippen LogP) is 4.48. The van der Waals surface area contributed by atoms with Crippen molar-refractivity contribution in [2.75, 3.05) is 33.9 Å². The van der Waals surface area contributed by atoms with Crippen LogP contribution in [-0.4, -0.2) is 90.9 Å². The minimum Gasteiger partial charge on any atom is -0.381 e. The topological polar surface area (TPSA) is 113 Å². The zero-order valence-electron chi connectivity index (χ0n) is 27.3. The zero-order valence-corrected chi connectivity index (χ0v) is 27.3. The van der Waals surface area contributed by atoms with E-state index in [1.165, 1.54) is 5.06 Å². The van der Waals surface area contributed by atoms with Gasteiger partial charge in [-0.05, 0) is 49.1 Å². The van der Waals surface area contributed by atoms with Crippen LogP contribution in [0.15, 0.2) is 30.5 Å². The number of methoxy groups -OCH3 is 2. The Labute approximate surface area is 262 Å². The lowest BCUT2D eigenvalue weighted by Crippen LogP contribution is -2.55. The van der Waals surface area contributed by atoms with Crippen molar-refractivity contribution >= 4 is 28.6 Å². The fraction of sp³-hybridized carbons (Fsp3) is 0.676.